The summed E-state index contributed by atoms with van der Waals surface area (Å²) in [5.74, 6) is 0. The fraction of sp³-hybridized carbons (Fsp3) is 0. The quantitative estimate of drug-likeness (QED) is 0.207. The molecule has 0 aliphatic carbocycles. The summed E-state index contributed by atoms with van der Waals surface area (Å²) in [7, 11) is 0. The molecule has 0 atom stereocenters. The second kappa shape index (κ2) is 9.79. The van der Waals surface area contributed by atoms with E-state index in [4.69, 9.17) is 31.8 Å². The summed E-state index contributed by atoms with van der Waals surface area (Å²) in [6.45, 7) is 0. The maximum Gasteiger partial charge on any atom is 0.180 e. The van der Waals surface area contributed by atoms with E-state index in [1.807, 2.05) is 0 Å². The first-order valence-corrected chi connectivity index (χ1v) is 13.0. The van der Waals surface area contributed by atoms with Gasteiger partial charge in [-0.05, 0) is 58.6 Å². The van der Waals surface area contributed by atoms with Crippen molar-refractivity contribution in [3.05, 3.63) is 151 Å². The van der Waals surface area contributed by atoms with E-state index in [0.29, 0.717) is 0 Å². The van der Waals surface area contributed by atoms with Gasteiger partial charge in [0.05, 0.1) is 39.8 Å². The van der Waals surface area contributed by atoms with Crippen LogP contribution in [0, 0.1) is 0 Å². The van der Waals surface area contributed by atoms with Crippen molar-refractivity contribution in [2.75, 3.05) is 0 Å². The second-order valence-electron chi connectivity index (χ2n) is 9.47. The SMILES string of the molecule is [2H]c1c([2H])c([2H])c(-c2c([2H])c([2H])c(-c3ccc4oc5c(-c6c([2H])c([2H])c([2H])c(-n7c8c([2H])c([2H])c([2H])c([2H])c8c8c([2H])c([2H])c([2H])c([2H])c87)c6[2H])ncnc5c4c3)c([2H])c2[2H])c([2H])c1[2H]. The molecule has 0 saturated heterocycles. The number of furan rings is 1. The molecule has 3 aromatic heterocycles. The van der Waals surface area contributed by atoms with E-state index < -0.39 is 160 Å². The maximum atomic E-state index is 9.55. The fourth-order valence-electron chi connectivity index (χ4n) is 5.08. The van der Waals surface area contributed by atoms with E-state index in [2.05, 4.69) is 9.97 Å². The Balaban J connectivity index is 1.30. The van der Waals surface area contributed by atoms with Crippen LogP contribution in [-0.2, 0) is 0 Å². The van der Waals surface area contributed by atoms with Gasteiger partial charge in [-0.1, -0.05) is 109 Å². The van der Waals surface area contributed by atoms with Gasteiger partial charge in [0, 0.05) is 27.4 Å². The lowest BCUT2D eigenvalue weighted by Crippen LogP contribution is -1.95. The summed E-state index contributed by atoms with van der Waals surface area (Å²) in [4.78, 5) is 8.66. The number of para-hydroxylation sites is 2. The summed E-state index contributed by atoms with van der Waals surface area (Å²) >= 11 is 0. The van der Waals surface area contributed by atoms with Gasteiger partial charge in [-0.2, -0.15) is 0 Å². The summed E-state index contributed by atoms with van der Waals surface area (Å²) in [5, 5.41) is -0.450. The zero-order valence-electron chi connectivity index (χ0n) is 43.1. The molecule has 3 heterocycles. The van der Waals surface area contributed by atoms with Gasteiger partial charge in [0.25, 0.3) is 0 Å². The van der Waals surface area contributed by atoms with Gasteiger partial charge in [0.15, 0.2) is 5.58 Å². The standard InChI is InChI=1S/C40H25N3O/c1-2-9-26(10-3-1)27-17-19-28(20-18-27)29-21-22-37-34(24-29)39-40(44-37)38(41-25-42-39)30-11-8-12-31(23-30)43-35-15-6-4-13-32(35)33-14-5-7-16-36(33)43/h1-25H/i1D,2D,3D,4D,5D,6D,7D,8D,9D,10D,11D,12D,13D,14D,15D,16D,17D,18D,19D,20D,23D. The molecule has 0 aliphatic heterocycles. The first kappa shape index (κ1) is 11.6. The second-order valence-corrected chi connectivity index (χ2v) is 9.47. The van der Waals surface area contributed by atoms with Crippen molar-refractivity contribution >= 4 is 43.9 Å². The molecule has 0 aliphatic rings. The first-order valence-electron chi connectivity index (χ1n) is 23.5. The lowest BCUT2D eigenvalue weighted by Gasteiger charge is -2.10. The largest absolute Gasteiger partial charge is 0.452 e. The van der Waals surface area contributed by atoms with Crippen LogP contribution in [-0.4, -0.2) is 14.5 Å². The van der Waals surface area contributed by atoms with Crippen LogP contribution in [0.3, 0.4) is 0 Å². The number of fused-ring (bicyclic) bond motifs is 6. The predicted molar refractivity (Wildman–Crippen MR) is 180 cm³/mol. The Labute approximate surface area is 283 Å². The number of hydrogen-bond donors (Lipinski definition) is 0. The van der Waals surface area contributed by atoms with Crippen molar-refractivity contribution in [1.82, 2.24) is 14.5 Å². The lowest BCUT2D eigenvalue weighted by molar-refractivity contribution is 0.667. The number of benzene rings is 6. The van der Waals surface area contributed by atoms with Crippen molar-refractivity contribution in [2.24, 2.45) is 0 Å². The third-order valence-corrected chi connectivity index (χ3v) is 7.02. The normalized spacial score (nSPS) is 18.3. The summed E-state index contributed by atoms with van der Waals surface area (Å²) < 4.78 is 189. The number of nitrogens with zero attached hydrogens (tertiary/aromatic N) is 3. The fourth-order valence-corrected chi connectivity index (χ4v) is 5.08. The Kier molecular flexibility index (Phi) is 2.58. The van der Waals surface area contributed by atoms with E-state index >= 15 is 0 Å². The molecule has 9 aromatic rings. The third kappa shape index (κ3) is 3.85. The van der Waals surface area contributed by atoms with E-state index in [1.54, 1.807) is 0 Å². The average Bonchev–Trinajstić information content (AvgIpc) is 3.84. The Morgan fingerprint density at radius 1 is 0.545 bits per heavy atom. The smallest absolute Gasteiger partial charge is 0.180 e. The molecule has 0 fully saturated rings. The highest BCUT2D eigenvalue weighted by Crippen LogP contribution is 2.37. The van der Waals surface area contributed by atoms with E-state index in [9.17, 15) is 1.37 Å². The number of rotatable bonds is 4. The molecule has 206 valence electrons. The van der Waals surface area contributed by atoms with Gasteiger partial charge in [0.1, 0.15) is 23.1 Å². The Hall–Kier alpha value is -6.00. The van der Waals surface area contributed by atoms with Crippen LogP contribution < -0.4 is 0 Å². The minimum atomic E-state index is -0.792. The molecule has 0 amide bonds. The topological polar surface area (TPSA) is 43.9 Å². The van der Waals surface area contributed by atoms with Crippen molar-refractivity contribution in [2.45, 2.75) is 0 Å². The maximum absolute atomic E-state index is 9.55. The summed E-state index contributed by atoms with van der Waals surface area (Å²) in [6.07, 6.45) is 1.05. The van der Waals surface area contributed by atoms with Gasteiger partial charge < -0.3 is 8.98 Å². The molecule has 4 heteroatoms. The molecule has 0 bridgehead atoms. The monoisotopic (exact) mass is 584 g/mol. The molecule has 44 heavy (non-hydrogen) atoms. The minimum Gasteiger partial charge on any atom is -0.452 e. The molecule has 6 aromatic carbocycles. The van der Waals surface area contributed by atoms with Crippen LogP contribution >= 0.6 is 0 Å². The zero-order valence-corrected chi connectivity index (χ0v) is 22.1. The van der Waals surface area contributed by atoms with Crippen LogP contribution in [0.4, 0.5) is 0 Å². The summed E-state index contributed by atoms with van der Waals surface area (Å²) in [5.41, 5.74) is -3.20. The molecule has 0 radical (unpaired) electrons. The Morgan fingerprint density at radius 3 is 1.93 bits per heavy atom. The van der Waals surface area contributed by atoms with Crippen molar-refractivity contribution < 1.29 is 33.2 Å². The van der Waals surface area contributed by atoms with Crippen LogP contribution in [0.2, 0.25) is 0 Å². The van der Waals surface area contributed by atoms with Crippen molar-refractivity contribution in [3.63, 3.8) is 0 Å². The lowest BCUT2D eigenvalue weighted by atomic mass is 9.99. The van der Waals surface area contributed by atoms with Crippen LogP contribution in [0.5, 0.6) is 0 Å². The molecule has 0 saturated carbocycles. The molecule has 9 rings (SSSR count). The predicted octanol–water partition coefficient (Wildman–Crippen LogP) is 10.5. The number of aromatic nitrogens is 3. The van der Waals surface area contributed by atoms with Gasteiger partial charge in [-0.15, -0.1) is 0 Å². The zero-order chi connectivity index (χ0) is 47.3. The average molecular weight is 585 g/mol. The highest BCUT2D eigenvalue weighted by atomic mass is 16.3. The molecule has 0 unspecified atom stereocenters. The van der Waals surface area contributed by atoms with Crippen molar-refractivity contribution in [1.29, 1.82) is 0 Å². The van der Waals surface area contributed by atoms with Gasteiger partial charge in [0.2, 0.25) is 0 Å². The van der Waals surface area contributed by atoms with E-state index in [0.717, 1.165) is 10.9 Å². The minimum absolute atomic E-state index is 0.0415. The van der Waals surface area contributed by atoms with Crippen LogP contribution in [0.25, 0.3) is 83.1 Å². The molecule has 4 nitrogen and oxygen atoms in total. The van der Waals surface area contributed by atoms with Gasteiger partial charge >= 0.3 is 0 Å². The molecule has 0 spiro atoms. The molecular weight excluding hydrogens is 538 g/mol. The van der Waals surface area contributed by atoms with E-state index in [-0.39, 0.29) is 49.7 Å². The first-order chi connectivity index (χ1) is 30.6. The third-order valence-electron chi connectivity index (χ3n) is 7.02. The highest BCUT2D eigenvalue weighted by molar-refractivity contribution is 6.10. The number of hydrogen-bond acceptors (Lipinski definition) is 3. The molecule has 0 N–H and O–H groups in total. The van der Waals surface area contributed by atoms with Crippen molar-refractivity contribution in [3.8, 4) is 39.2 Å². The highest BCUT2D eigenvalue weighted by Gasteiger charge is 2.17. The Bertz CT molecular complexity index is 3560. The Morgan fingerprint density at radius 2 is 1.18 bits per heavy atom. The van der Waals surface area contributed by atoms with Gasteiger partial charge in [-0.3, -0.25) is 0 Å². The molecular formula is C40H25N3O. The van der Waals surface area contributed by atoms with Crippen LogP contribution in [0.1, 0.15) is 28.8 Å². The van der Waals surface area contributed by atoms with E-state index in [1.165, 1.54) is 18.2 Å². The summed E-state index contributed by atoms with van der Waals surface area (Å²) in [6, 6.07) is -10.5. The van der Waals surface area contributed by atoms with Gasteiger partial charge in [-0.25, -0.2) is 9.97 Å². The van der Waals surface area contributed by atoms with Crippen LogP contribution in [0.15, 0.2) is 156 Å².